The normalized spacial score (nSPS) is 30.5. The molecule has 2 aliphatic carbocycles. The van der Waals surface area contributed by atoms with Crippen molar-refractivity contribution in [2.24, 2.45) is 11.7 Å². The van der Waals surface area contributed by atoms with Gasteiger partial charge in [0.05, 0.1) is 0 Å². The zero-order valence-corrected chi connectivity index (χ0v) is 23.2. The summed E-state index contributed by atoms with van der Waals surface area (Å²) in [5.74, 6) is -3.34. The quantitative estimate of drug-likeness (QED) is 0.160. The van der Waals surface area contributed by atoms with E-state index in [1.807, 2.05) is 19.2 Å². The molecule has 8 atom stereocenters. The Kier molecular flexibility index (Phi) is 7.94. The molecule has 2 bridgehead atoms. The van der Waals surface area contributed by atoms with Crippen LogP contribution in [0.3, 0.4) is 0 Å². The van der Waals surface area contributed by atoms with Crippen molar-refractivity contribution in [3.05, 3.63) is 35.4 Å². The third-order valence-corrected chi connectivity index (χ3v) is 10.1. The zero-order valence-electron chi connectivity index (χ0n) is 22.4. The highest BCUT2D eigenvalue weighted by atomic mass is 32.2. The number of aliphatic carboxylic acids is 2. The molecule has 4 aliphatic rings. The van der Waals surface area contributed by atoms with Gasteiger partial charge in [-0.05, 0) is 38.1 Å². The second-order valence-electron chi connectivity index (χ2n) is 11.0. The lowest BCUT2D eigenvalue weighted by Gasteiger charge is -2.58. The van der Waals surface area contributed by atoms with E-state index in [-0.39, 0.29) is 41.6 Å². The minimum absolute atomic E-state index is 0.00244. The molecule has 0 aromatic heterocycles. The summed E-state index contributed by atoms with van der Waals surface area (Å²) >= 11 is 1.42. The van der Waals surface area contributed by atoms with Crippen LogP contribution >= 0.6 is 11.8 Å². The van der Waals surface area contributed by atoms with Crippen molar-refractivity contribution in [3.8, 4) is 11.5 Å². The van der Waals surface area contributed by atoms with Crippen molar-refractivity contribution in [2.45, 2.75) is 60.3 Å². The van der Waals surface area contributed by atoms with Crippen molar-refractivity contribution in [1.29, 1.82) is 0 Å². The Bertz CT molecular complexity index is 1290. The molecule has 1 aromatic carbocycles. The maximum atomic E-state index is 13.0. The topological polar surface area (TPSA) is 212 Å². The van der Waals surface area contributed by atoms with E-state index < -0.39 is 60.0 Å². The number of aliphatic hydroxyl groups excluding tert-OH is 1. The van der Waals surface area contributed by atoms with Gasteiger partial charge in [-0.15, -0.1) is 11.8 Å². The van der Waals surface area contributed by atoms with Crippen molar-refractivity contribution < 1.29 is 44.3 Å². The number of nitrogens with zero attached hydrogens (tertiary/aromatic N) is 1. The molecule has 3 unspecified atom stereocenters. The summed E-state index contributed by atoms with van der Waals surface area (Å²) in [6.45, 7) is 0.0900. The molecule has 1 aromatic rings. The van der Waals surface area contributed by atoms with Gasteiger partial charge in [-0.25, -0.2) is 0 Å². The molecule has 13 nitrogen and oxygen atoms in total. The van der Waals surface area contributed by atoms with Gasteiger partial charge in [-0.3, -0.25) is 19.2 Å². The largest absolute Gasteiger partial charge is 0.504 e. The van der Waals surface area contributed by atoms with Crippen molar-refractivity contribution >= 4 is 35.5 Å². The molecule has 1 spiro atoms. The van der Waals surface area contributed by atoms with Crippen molar-refractivity contribution in [2.75, 3.05) is 25.9 Å². The van der Waals surface area contributed by atoms with Gasteiger partial charge in [0.1, 0.15) is 30.8 Å². The van der Waals surface area contributed by atoms with Gasteiger partial charge in [-0.2, -0.15) is 0 Å². The third kappa shape index (κ3) is 5.02. The number of nitrogens with one attached hydrogen (secondary N) is 2. The van der Waals surface area contributed by atoms with Crippen LogP contribution in [-0.4, -0.2) is 105 Å². The second-order valence-corrected chi connectivity index (χ2v) is 12.2. The first-order chi connectivity index (χ1) is 19.5. The first-order valence-electron chi connectivity index (χ1n) is 13.4. The van der Waals surface area contributed by atoms with Gasteiger partial charge in [0.2, 0.25) is 11.8 Å². The van der Waals surface area contributed by atoms with Crippen molar-refractivity contribution in [3.63, 3.8) is 0 Å². The van der Waals surface area contributed by atoms with Gasteiger partial charge in [0.15, 0.2) is 11.5 Å². The number of aromatic hydroxyl groups is 1. The number of piperidine rings is 1. The molecule has 222 valence electrons. The first-order valence-corrected chi connectivity index (χ1v) is 14.5. The Morgan fingerprint density at radius 2 is 2.00 bits per heavy atom. The third-order valence-electron chi connectivity index (χ3n) is 8.69. The molecule has 2 heterocycles. The number of thioether (sulfide) groups is 1. The number of aliphatic hydroxyl groups is 1. The second kappa shape index (κ2) is 11.2. The molecule has 2 aliphatic heterocycles. The van der Waals surface area contributed by atoms with Gasteiger partial charge < -0.3 is 46.4 Å². The Labute approximate surface area is 240 Å². The maximum absolute atomic E-state index is 13.0. The number of phenolic OH excluding ortho intramolecular Hbond substituents is 1. The zero-order chi connectivity index (χ0) is 29.6. The van der Waals surface area contributed by atoms with Crippen molar-refractivity contribution in [1.82, 2.24) is 15.5 Å². The highest BCUT2D eigenvalue weighted by molar-refractivity contribution is 7.99. The van der Waals surface area contributed by atoms with Crippen LogP contribution in [0.15, 0.2) is 24.3 Å². The summed E-state index contributed by atoms with van der Waals surface area (Å²) in [5.41, 5.74) is 6.78. The summed E-state index contributed by atoms with van der Waals surface area (Å²) in [5, 5.41) is 44.3. The fourth-order valence-electron chi connectivity index (χ4n) is 6.81. The van der Waals surface area contributed by atoms with Crippen LogP contribution in [0.5, 0.6) is 11.5 Å². The molecule has 1 saturated heterocycles. The molecule has 1 fully saturated rings. The van der Waals surface area contributed by atoms with E-state index >= 15 is 0 Å². The number of hydrogen-bond acceptors (Lipinski definition) is 10. The standard InChI is InChI=1S/C27H34N4O9S/c1-31-9-8-27-13-3-6-17(33)24(27)40-22-16(32)5-2-12(20(22)27)23(21(13)31)41-11-15(25(37)29-10-19(35)36)30-18(34)7-4-14(28)26(38)39/h2-3,5-6,13-15,17,21,23-24,32-33H,4,7-11,28H2,1H3,(H,29,37)(H,30,34)(H,35,36)(H,38,39)/t13-,14?,15?,17-,21-,23?,24-,27-/m0/s1. The van der Waals surface area contributed by atoms with E-state index in [4.69, 9.17) is 20.7 Å². The fourth-order valence-corrected chi connectivity index (χ4v) is 8.39. The smallest absolute Gasteiger partial charge is 0.322 e. The van der Waals surface area contributed by atoms with E-state index in [0.29, 0.717) is 5.75 Å². The minimum atomic E-state index is -1.24. The Morgan fingerprint density at radius 1 is 1.24 bits per heavy atom. The summed E-state index contributed by atoms with van der Waals surface area (Å²) in [4.78, 5) is 50.0. The molecule has 0 saturated carbocycles. The van der Waals surface area contributed by atoms with Crippen LogP contribution in [-0.2, 0) is 24.6 Å². The predicted octanol–water partition coefficient (Wildman–Crippen LogP) is -0.692. The molecule has 14 heteroatoms. The SMILES string of the molecule is CN1CC[C@]23c4c5ccc(O)c4O[C@H]2[C@@H](O)C=C[C@H]3[C@H]1C5SCC(NC(=O)CCC(N)C(=O)O)C(=O)NCC(=O)O. The number of amides is 2. The van der Waals surface area contributed by atoms with Crippen LogP contribution in [0.25, 0.3) is 0 Å². The lowest BCUT2D eigenvalue weighted by Crippen LogP contribution is -2.65. The van der Waals surface area contributed by atoms with E-state index in [1.165, 1.54) is 11.8 Å². The van der Waals surface area contributed by atoms with E-state index in [9.17, 15) is 29.4 Å². The van der Waals surface area contributed by atoms with E-state index in [2.05, 4.69) is 15.5 Å². The summed E-state index contributed by atoms with van der Waals surface area (Å²) in [6, 6.07) is 1.02. The highest BCUT2D eigenvalue weighted by Gasteiger charge is 2.66. The van der Waals surface area contributed by atoms with Gasteiger partial charge in [0.25, 0.3) is 0 Å². The summed E-state index contributed by atoms with van der Waals surface area (Å²) in [6.07, 6.45) is 2.77. The number of rotatable bonds is 11. The molecule has 8 N–H and O–H groups in total. The van der Waals surface area contributed by atoms with E-state index in [0.717, 1.165) is 24.1 Å². The minimum Gasteiger partial charge on any atom is -0.504 e. The highest BCUT2D eigenvalue weighted by Crippen LogP contribution is 2.66. The molecular weight excluding hydrogens is 556 g/mol. The fraction of sp³-hybridized carbons (Fsp3) is 0.556. The number of phenols is 1. The molecule has 41 heavy (non-hydrogen) atoms. The average molecular weight is 591 g/mol. The van der Waals surface area contributed by atoms with Gasteiger partial charge >= 0.3 is 11.9 Å². The first kappa shape index (κ1) is 29.2. The average Bonchev–Trinajstić information content (AvgIpc) is 3.29. The van der Waals surface area contributed by atoms with Gasteiger partial charge in [-0.1, -0.05) is 18.2 Å². The van der Waals surface area contributed by atoms with Crippen LogP contribution in [0.2, 0.25) is 0 Å². The maximum Gasteiger partial charge on any atom is 0.322 e. The Morgan fingerprint density at radius 3 is 2.71 bits per heavy atom. The van der Waals surface area contributed by atoms with Crippen LogP contribution in [0, 0.1) is 5.92 Å². The van der Waals surface area contributed by atoms with E-state index in [1.54, 1.807) is 12.1 Å². The number of ether oxygens (including phenoxy) is 1. The number of carbonyl (C=O) groups is 4. The lowest BCUT2D eigenvalue weighted by atomic mass is 9.53. The van der Waals surface area contributed by atoms with Crippen LogP contribution in [0.1, 0.15) is 35.6 Å². The number of benzene rings is 1. The number of likely N-dealkylation sites (N-methyl/N-ethyl adjacent to an activating group) is 1. The monoisotopic (exact) mass is 590 g/mol. The lowest BCUT2D eigenvalue weighted by molar-refractivity contribution is -0.139. The molecule has 0 radical (unpaired) electrons. The number of likely N-dealkylation sites (tertiary alicyclic amines) is 1. The molecule has 5 rings (SSSR count). The molecular formula is C27H34N4O9S. The van der Waals surface area contributed by atoms with Crippen LogP contribution in [0.4, 0.5) is 0 Å². The summed E-state index contributed by atoms with van der Waals surface area (Å²) in [7, 11) is 2.02. The number of carboxylic acids is 2. The Balaban J connectivity index is 1.43. The number of hydrogen-bond donors (Lipinski definition) is 7. The predicted molar refractivity (Wildman–Crippen MR) is 146 cm³/mol. The Hall–Kier alpha value is -3.33. The number of carboxylic acid groups (broad SMARTS) is 2. The number of nitrogens with two attached hydrogens (primary N) is 1. The van der Waals surface area contributed by atoms with Crippen LogP contribution < -0.4 is 21.1 Å². The number of carbonyl (C=O) groups excluding carboxylic acids is 2. The summed E-state index contributed by atoms with van der Waals surface area (Å²) < 4.78 is 6.23. The molecule has 2 amide bonds. The van der Waals surface area contributed by atoms with Gasteiger partial charge in [0, 0.05) is 40.4 Å².